The Kier molecular flexibility index (Phi) is 6.52. The molecule has 0 saturated heterocycles. The molecular weight excluding hydrogens is 270 g/mol. The van der Waals surface area contributed by atoms with E-state index in [1.807, 2.05) is 6.92 Å². The van der Waals surface area contributed by atoms with Crippen LogP contribution in [0.2, 0.25) is 0 Å². The third-order valence-corrected chi connectivity index (χ3v) is 3.41. The van der Waals surface area contributed by atoms with Crippen molar-refractivity contribution in [2.45, 2.75) is 33.2 Å². The van der Waals surface area contributed by atoms with Crippen LogP contribution in [0.15, 0.2) is 24.3 Å². The van der Waals surface area contributed by atoms with Crippen molar-refractivity contribution >= 4 is 23.5 Å². The van der Waals surface area contributed by atoms with Crippen LogP contribution in [0.5, 0.6) is 0 Å². The lowest BCUT2D eigenvalue weighted by Gasteiger charge is -2.20. The number of methoxy groups -OCH3 is 1. The normalized spacial score (nSPS) is 13.0. The highest BCUT2D eigenvalue weighted by Gasteiger charge is 2.13. The Morgan fingerprint density at radius 3 is 2.38 bits per heavy atom. The van der Waals surface area contributed by atoms with E-state index < -0.39 is 6.09 Å². The topological polar surface area (TPSA) is 79.5 Å². The Labute approximate surface area is 125 Å². The van der Waals surface area contributed by atoms with Crippen molar-refractivity contribution in [1.29, 1.82) is 0 Å². The summed E-state index contributed by atoms with van der Waals surface area (Å²) >= 11 is 0. The van der Waals surface area contributed by atoms with Gasteiger partial charge in [-0.25, -0.2) is 9.59 Å². The number of hydrogen-bond acceptors (Lipinski definition) is 3. The molecule has 2 atom stereocenters. The number of amides is 3. The minimum atomic E-state index is -0.554. The summed E-state index contributed by atoms with van der Waals surface area (Å²) in [4.78, 5) is 23.0. The molecule has 0 aliphatic carbocycles. The fourth-order valence-corrected chi connectivity index (χ4v) is 1.71. The second kappa shape index (κ2) is 8.14. The van der Waals surface area contributed by atoms with Gasteiger partial charge in [-0.3, -0.25) is 5.32 Å². The first-order valence-corrected chi connectivity index (χ1v) is 6.98. The molecule has 1 aromatic rings. The Morgan fingerprint density at radius 1 is 1.19 bits per heavy atom. The summed E-state index contributed by atoms with van der Waals surface area (Å²) in [7, 11) is 1.29. The maximum absolute atomic E-state index is 11.9. The van der Waals surface area contributed by atoms with Crippen LogP contribution in [0, 0.1) is 5.92 Å². The van der Waals surface area contributed by atoms with Gasteiger partial charge in [-0.15, -0.1) is 0 Å². The minimum absolute atomic E-state index is 0.0892. The zero-order valence-corrected chi connectivity index (χ0v) is 12.9. The zero-order chi connectivity index (χ0) is 15.8. The monoisotopic (exact) mass is 293 g/mol. The summed E-state index contributed by atoms with van der Waals surface area (Å²) in [6, 6.07) is 6.67. The van der Waals surface area contributed by atoms with Crippen molar-refractivity contribution < 1.29 is 14.3 Å². The number of carbonyl (C=O) groups excluding carboxylic acids is 2. The molecule has 0 spiro atoms. The maximum atomic E-state index is 11.9. The van der Waals surface area contributed by atoms with Crippen molar-refractivity contribution in [1.82, 2.24) is 5.32 Å². The highest BCUT2D eigenvalue weighted by molar-refractivity contribution is 5.91. The van der Waals surface area contributed by atoms with Gasteiger partial charge in [0.15, 0.2) is 0 Å². The Balaban J connectivity index is 2.60. The van der Waals surface area contributed by atoms with E-state index in [4.69, 9.17) is 0 Å². The van der Waals surface area contributed by atoms with Crippen LogP contribution in [-0.2, 0) is 4.74 Å². The highest BCUT2D eigenvalue weighted by Crippen LogP contribution is 2.15. The van der Waals surface area contributed by atoms with Crippen LogP contribution < -0.4 is 16.0 Å². The SMILES string of the molecule is CCC(C)C(C)NC(=O)Nc1cccc(NC(=O)OC)c1. The van der Waals surface area contributed by atoms with Gasteiger partial charge in [0.25, 0.3) is 0 Å². The molecule has 3 amide bonds. The van der Waals surface area contributed by atoms with E-state index in [9.17, 15) is 9.59 Å². The summed E-state index contributed by atoms with van der Waals surface area (Å²) in [6.45, 7) is 6.15. The minimum Gasteiger partial charge on any atom is -0.453 e. The predicted octanol–water partition coefficient (Wildman–Crippen LogP) is 3.42. The fraction of sp³-hybridized carbons (Fsp3) is 0.467. The highest BCUT2D eigenvalue weighted by atomic mass is 16.5. The molecule has 0 aliphatic rings. The predicted molar refractivity (Wildman–Crippen MR) is 83.5 cm³/mol. The Morgan fingerprint density at radius 2 is 1.81 bits per heavy atom. The smallest absolute Gasteiger partial charge is 0.411 e. The summed E-state index contributed by atoms with van der Waals surface area (Å²) in [6.07, 6.45) is 0.446. The average molecular weight is 293 g/mol. The second-order valence-electron chi connectivity index (χ2n) is 4.97. The van der Waals surface area contributed by atoms with Crippen LogP contribution in [0.1, 0.15) is 27.2 Å². The van der Waals surface area contributed by atoms with Crippen molar-refractivity contribution in [2.75, 3.05) is 17.7 Å². The number of nitrogens with one attached hydrogen (secondary N) is 3. The molecule has 21 heavy (non-hydrogen) atoms. The molecule has 3 N–H and O–H groups in total. The molecule has 6 nitrogen and oxygen atoms in total. The summed E-state index contributed by atoms with van der Waals surface area (Å²) in [5.74, 6) is 0.406. The van der Waals surface area contributed by atoms with E-state index in [1.165, 1.54) is 7.11 Å². The second-order valence-corrected chi connectivity index (χ2v) is 4.97. The molecule has 0 aliphatic heterocycles. The molecule has 0 saturated carbocycles. The van der Waals surface area contributed by atoms with Gasteiger partial charge in [-0.2, -0.15) is 0 Å². The van der Waals surface area contributed by atoms with Crippen LogP contribution in [0.3, 0.4) is 0 Å². The Hall–Kier alpha value is -2.24. The van der Waals surface area contributed by atoms with Crippen LogP contribution in [0.25, 0.3) is 0 Å². The van der Waals surface area contributed by atoms with Gasteiger partial charge in [0, 0.05) is 17.4 Å². The molecule has 0 radical (unpaired) electrons. The van der Waals surface area contributed by atoms with E-state index in [-0.39, 0.29) is 12.1 Å². The summed E-state index contributed by atoms with van der Waals surface area (Å²) < 4.78 is 4.52. The first-order valence-electron chi connectivity index (χ1n) is 6.98. The van der Waals surface area contributed by atoms with E-state index in [0.717, 1.165) is 6.42 Å². The molecule has 116 valence electrons. The fourth-order valence-electron chi connectivity index (χ4n) is 1.71. The third kappa shape index (κ3) is 5.72. The molecular formula is C15H23N3O3. The molecule has 0 bridgehead atoms. The number of rotatable bonds is 5. The lowest BCUT2D eigenvalue weighted by atomic mass is 10.0. The first-order chi connectivity index (χ1) is 9.96. The van der Waals surface area contributed by atoms with Crippen molar-refractivity contribution in [2.24, 2.45) is 5.92 Å². The quantitative estimate of drug-likeness (QED) is 0.778. The molecule has 2 unspecified atom stereocenters. The van der Waals surface area contributed by atoms with Crippen molar-refractivity contribution in [3.63, 3.8) is 0 Å². The Bertz CT molecular complexity index is 491. The summed E-state index contributed by atoms with van der Waals surface area (Å²) in [5.41, 5.74) is 1.15. The molecule has 0 fully saturated rings. The lowest BCUT2D eigenvalue weighted by Crippen LogP contribution is -2.39. The number of anilines is 2. The van der Waals surface area contributed by atoms with Crippen LogP contribution in [0.4, 0.5) is 21.0 Å². The molecule has 0 aromatic heterocycles. The number of urea groups is 1. The third-order valence-electron chi connectivity index (χ3n) is 3.41. The number of hydrogen-bond donors (Lipinski definition) is 3. The standard InChI is InChI=1S/C15H23N3O3/c1-5-10(2)11(3)16-14(19)17-12-7-6-8-13(9-12)18-15(20)21-4/h6-11H,5H2,1-4H3,(H,18,20)(H2,16,17,19). The lowest BCUT2D eigenvalue weighted by molar-refractivity contribution is 0.187. The van der Waals surface area contributed by atoms with E-state index >= 15 is 0 Å². The van der Waals surface area contributed by atoms with Gasteiger partial charge in [0.1, 0.15) is 0 Å². The van der Waals surface area contributed by atoms with Crippen molar-refractivity contribution in [3.05, 3.63) is 24.3 Å². The van der Waals surface area contributed by atoms with E-state index in [0.29, 0.717) is 17.3 Å². The molecule has 6 heteroatoms. The van der Waals surface area contributed by atoms with Gasteiger partial charge in [0.2, 0.25) is 0 Å². The van der Waals surface area contributed by atoms with Gasteiger partial charge >= 0.3 is 12.1 Å². The summed E-state index contributed by atoms with van der Waals surface area (Å²) in [5, 5.41) is 8.17. The van der Waals surface area contributed by atoms with E-state index in [1.54, 1.807) is 24.3 Å². The number of carbonyl (C=O) groups is 2. The first kappa shape index (κ1) is 16.8. The molecule has 1 rings (SSSR count). The number of ether oxygens (including phenoxy) is 1. The molecule has 0 heterocycles. The van der Waals surface area contributed by atoms with Gasteiger partial charge in [-0.1, -0.05) is 26.3 Å². The average Bonchev–Trinajstić information content (AvgIpc) is 2.46. The van der Waals surface area contributed by atoms with Gasteiger partial charge in [0.05, 0.1) is 7.11 Å². The van der Waals surface area contributed by atoms with Gasteiger partial charge in [-0.05, 0) is 31.0 Å². The van der Waals surface area contributed by atoms with Crippen LogP contribution >= 0.6 is 0 Å². The van der Waals surface area contributed by atoms with E-state index in [2.05, 4.69) is 34.5 Å². The van der Waals surface area contributed by atoms with Crippen molar-refractivity contribution in [3.8, 4) is 0 Å². The van der Waals surface area contributed by atoms with Gasteiger partial charge < -0.3 is 15.4 Å². The largest absolute Gasteiger partial charge is 0.453 e. The molecule has 1 aromatic carbocycles. The van der Waals surface area contributed by atoms with Crippen LogP contribution in [-0.4, -0.2) is 25.3 Å². The maximum Gasteiger partial charge on any atom is 0.411 e. The zero-order valence-electron chi connectivity index (χ0n) is 12.9. The number of benzene rings is 1.